The Morgan fingerprint density at radius 1 is 1.56 bits per heavy atom. The average Bonchev–Trinajstić information content (AvgIpc) is 2.77. The highest BCUT2D eigenvalue weighted by Crippen LogP contribution is 2.13. The van der Waals surface area contributed by atoms with E-state index in [1.54, 1.807) is 18.0 Å². The summed E-state index contributed by atoms with van der Waals surface area (Å²) in [6.07, 6.45) is 3.48. The molecule has 1 unspecified atom stereocenters. The van der Waals surface area contributed by atoms with Crippen molar-refractivity contribution in [2.75, 3.05) is 19.0 Å². The molecule has 0 aromatic carbocycles. The van der Waals surface area contributed by atoms with Crippen molar-refractivity contribution in [1.82, 2.24) is 0 Å². The summed E-state index contributed by atoms with van der Waals surface area (Å²) in [7, 11) is 0. The molecule has 4 heteroatoms. The lowest BCUT2D eigenvalue weighted by molar-refractivity contribution is 0.0473. The van der Waals surface area contributed by atoms with Gasteiger partial charge in [0.05, 0.1) is 24.7 Å². The Hall–Kier alpha value is -0.450. The number of rotatable bonds is 9. The molecule has 0 spiro atoms. The molecular formula is C12H20O3S. The Kier molecular flexibility index (Phi) is 7.38. The van der Waals surface area contributed by atoms with Gasteiger partial charge in [-0.3, -0.25) is 0 Å². The molecule has 0 amide bonds. The summed E-state index contributed by atoms with van der Waals surface area (Å²) in [4.78, 5) is 0. The number of ether oxygens (including phenoxy) is 1. The van der Waals surface area contributed by atoms with Crippen LogP contribution in [-0.2, 0) is 10.5 Å². The van der Waals surface area contributed by atoms with Crippen molar-refractivity contribution in [3.05, 3.63) is 24.2 Å². The second kappa shape index (κ2) is 8.67. The summed E-state index contributed by atoms with van der Waals surface area (Å²) in [5.41, 5.74) is 0. The van der Waals surface area contributed by atoms with Crippen LogP contribution >= 0.6 is 11.8 Å². The van der Waals surface area contributed by atoms with Gasteiger partial charge in [-0.25, -0.2) is 0 Å². The molecule has 1 aromatic rings. The molecular weight excluding hydrogens is 224 g/mol. The van der Waals surface area contributed by atoms with Crippen LogP contribution in [0.1, 0.15) is 25.5 Å². The molecule has 92 valence electrons. The van der Waals surface area contributed by atoms with Gasteiger partial charge >= 0.3 is 0 Å². The predicted molar refractivity (Wildman–Crippen MR) is 66.6 cm³/mol. The van der Waals surface area contributed by atoms with E-state index in [9.17, 15) is 5.11 Å². The van der Waals surface area contributed by atoms with Gasteiger partial charge in [0.2, 0.25) is 0 Å². The van der Waals surface area contributed by atoms with Crippen LogP contribution in [0.3, 0.4) is 0 Å². The van der Waals surface area contributed by atoms with Gasteiger partial charge in [0.1, 0.15) is 5.76 Å². The highest BCUT2D eigenvalue weighted by atomic mass is 32.2. The minimum atomic E-state index is -0.378. The summed E-state index contributed by atoms with van der Waals surface area (Å²) in [5, 5.41) is 9.60. The molecule has 3 nitrogen and oxygen atoms in total. The van der Waals surface area contributed by atoms with Crippen molar-refractivity contribution in [3.8, 4) is 0 Å². The van der Waals surface area contributed by atoms with Crippen molar-refractivity contribution < 1.29 is 14.3 Å². The summed E-state index contributed by atoms with van der Waals surface area (Å²) < 4.78 is 10.5. The first-order chi connectivity index (χ1) is 7.83. The lowest BCUT2D eigenvalue weighted by Crippen LogP contribution is -2.18. The summed E-state index contributed by atoms with van der Waals surface area (Å²) >= 11 is 1.66. The van der Waals surface area contributed by atoms with E-state index in [1.807, 2.05) is 12.1 Å². The topological polar surface area (TPSA) is 42.6 Å². The summed E-state index contributed by atoms with van der Waals surface area (Å²) in [5.74, 6) is 2.44. The van der Waals surface area contributed by atoms with E-state index in [0.29, 0.717) is 12.4 Å². The number of thioether (sulfide) groups is 1. The Balaban J connectivity index is 1.95. The Morgan fingerprint density at radius 3 is 3.12 bits per heavy atom. The van der Waals surface area contributed by atoms with E-state index in [4.69, 9.17) is 9.15 Å². The molecule has 0 aliphatic rings. The molecule has 0 radical (unpaired) electrons. The molecule has 1 heterocycles. The molecule has 1 rings (SSSR count). The van der Waals surface area contributed by atoms with Crippen LogP contribution in [0.4, 0.5) is 0 Å². The third-order valence-electron chi connectivity index (χ3n) is 2.09. The Bertz CT molecular complexity index is 249. The van der Waals surface area contributed by atoms with E-state index < -0.39 is 0 Å². The van der Waals surface area contributed by atoms with E-state index in [-0.39, 0.29) is 6.10 Å². The van der Waals surface area contributed by atoms with E-state index >= 15 is 0 Å². The minimum absolute atomic E-state index is 0.378. The lowest BCUT2D eigenvalue weighted by Gasteiger charge is -2.10. The zero-order valence-electron chi connectivity index (χ0n) is 9.72. The van der Waals surface area contributed by atoms with Crippen molar-refractivity contribution in [2.45, 2.75) is 31.6 Å². The second-order valence-corrected chi connectivity index (χ2v) is 4.71. The fourth-order valence-corrected chi connectivity index (χ4v) is 2.06. The maximum Gasteiger partial charge on any atom is 0.113 e. The summed E-state index contributed by atoms with van der Waals surface area (Å²) in [6, 6.07) is 3.82. The Labute approximate surface area is 101 Å². The van der Waals surface area contributed by atoms with Crippen molar-refractivity contribution in [3.63, 3.8) is 0 Å². The van der Waals surface area contributed by atoms with Crippen LogP contribution in [0.15, 0.2) is 22.8 Å². The standard InChI is InChI=1S/C12H20O3S/c1-2-3-6-14-8-11(13)9-16-10-12-5-4-7-15-12/h4-5,7,11,13H,2-3,6,8-10H2,1H3. The fourth-order valence-electron chi connectivity index (χ4n) is 1.20. The van der Waals surface area contributed by atoms with Gasteiger partial charge in [0, 0.05) is 12.4 Å². The number of aliphatic hydroxyl groups is 1. The molecule has 16 heavy (non-hydrogen) atoms. The molecule has 1 atom stereocenters. The van der Waals surface area contributed by atoms with Gasteiger partial charge in [-0.2, -0.15) is 11.8 Å². The summed E-state index contributed by atoms with van der Waals surface area (Å²) in [6.45, 7) is 3.31. The molecule has 0 aliphatic carbocycles. The van der Waals surface area contributed by atoms with Gasteiger partial charge in [-0.15, -0.1) is 0 Å². The number of hydrogen-bond acceptors (Lipinski definition) is 4. The van der Waals surface area contributed by atoms with Gasteiger partial charge in [-0.05, 0) is 18.6 Å². The molecule has 0 saturated carbocycles. The zero-order chi connectivity index (χ0) is 11.6. The third-order valence-corrected chi connectivity index (χ3v) is 3.20. The number of hydrogen-bond donors (Lipinski definition) is 1. The fraction of sp³-hybridized carbons (Fsp3) is 0.667. The Morgan fingerprint density at radius 2 is 2.44 bits per heavy atom. The molecule has 0 saturated heterocycles. The van der Waals surface area contributed by atoms with Crippen molar-refractivity contribution in [2.24, 2.45) is 0 Å². The second-order valence-electron chi connectivity index (χ2n) is 3.68. The molecule has 0 fully saturated rings. The van der Waals surface area contributed by atoms with Crippen LogP contribution < -0.4 is 0 Å². The lowest BCUT2D eigenvalue weighted by atomic mass is 10.3. The van der Waals surface area contributed by atoms with E-state index in [1.165, 1.54) is 0 Å². The monoisotopic (exact) mass is 244 g/mol. The van der Waals surface area contributed by atoms with Gasteiger partial charge < -0.3 is 14.3 Å². The maximum atomic E-state index is 9.60. The smallest absolute Gasteiger partial charge is 0.113 e. The largest absolute Gasteiger partial charge is 0.468 e. The first-order valence-corrected chi connectivity index (χ1v) is 6.84. The third kappa shape index (κ3) is 6.20. The van der Waals surface area contributed by atoms with Gasteiger partial charge in [0.25, 0.3) is 0 Å². The minimum Gasteiger partial charge on any atom is -0.468 e. The SMILES string of the molecule is CCCCOCC(O)CSCc1ccco1. The highest BCUT2D eigenvalue weighted by Gasteiger charge is 2.05. The average molecular weight is 244 g/mol. The van der Waals surface area contributed by atoms with Gasteiger partial charge in [0.15, 0.2) is 0 Å². The zero-order valence-corrected chi connectivity index (χ0v) is 10.5. The van der Waals surface area contributed by atoms with Gasteiger partial charge in [-0.1, -0.05) is 13.3 Å². The predicted octanol–water partition coefficient (Wildman–Crippen LogP) is 2.69. The first kappa shape index (κ1) is 13.6. The van der Waals surface area contributed by atoms with Crippen LogP contribution in [0.25, 0.3) is 0 Å². The van der Waals surface area contributed by atoms with Crippen LogP contribution in [0, 0.1) is 0 Å². The number of aliphatic hydroxyl groups excluding tert-OH is 1. The highest BCUT2D eigenvalue weighted by molar-refractivity contribution is 7.98. The number of furan rings is 1. The quantitative estimate of drug-likeness (QED) is 0.678. The molecule has 1 aromatic heterocycles. The normalized spacial score (nSPS) is 12.9. The van der Waals surface area contributed by atoms with Crippen molar-refractivity contribution in [1.29, 1.82) is 0 Å². The molecule has 0 aliphatic heterocycles. The van der Waals surface area contributed by atoms with Crippen LogP contribution in [0.5, 0.6) is 0 Å². The molecule has 1 N–H and O–H groups in total. The number of unbranched alkanes of at least 4 members (excludes halogenated alkanes) is 1. The van der Waals surface area contributed by atoms with Crippen molar-refractivity contribution >= 4 is 11.8 Å². The van der Waals surface area contributed by atoms with Crippen LogP contribution in [-0.4, -0.2) is 30.2 Å². The van der Waals surface area contributed by atoms with E-state index in [2.05, 4.69) is 6.92 Å². The maximum absolute atomic E-state index is 9.60. The van der Waals surface area contributed by atoms with Crippen LogP contribution in [0.2, 0.25) is 0 Å². The first-order valence-electron chi connectivity index (χ1n) is 5.69. The molecule has 0 bridgehead atoms. The van der Waals surface area contributed by atoms with E-state index in [0.717, 1.165) is 31.0 Å².